The lowest BCUT2D eigenvalue weighted by molar-refractivity contribution is 0.325. The van der Waals surface area contributed by atoms with Crippen LogP contribution in [0.2, 0.25) is 0 Å². The van der Waals surface area contributed by atoms with E-state index in [1.807, 2.05) is 19.9 Å². The first-order valence-corrected chi connectivity index (χ1v) is 6.60. The Balaban J connectivity index is 1.96. The minimum atomic E-state index is 0.402. The van der Waals surface area contributed by atoms with Crippen LogP contribution in [0.25, 0.3) is 0 Å². The van der Waals surface area contributed by atoms with Crippen LogP contribution in [-0.2, 0) is 0 Å². The first kappa shape index (κ1) is 13.1. The number of rotatable bonds is 7. The van der Waals surface area contributed by atoms with Crippen LogP contribution in [0.1, 0.15) is 32.0 Å². The highest BCUT2D eigenvalue weighted by atomic mass is 16.5. The number of anilines is 1. The molecule has 5 heteroatoms. The van der Waals surface area contributed by atoms with Gasteiger partial charge in [-0.15, -0.1) is 0 Å². The zero-order chi connectivity index (χ0) is 13.0. The van der Waals surface area contributed by atoms with Gasteiger partial charge in [0, 0.05) is 12.6 Å². The largest absolute Gasteiger partial charge is 0.478 e. The lowest BCUT2D eigenvalue weighted by atomic mass is 10.0. The molecule has 3 N–H and O–H groups in total. The summed E-state index contributed by atoms with van der Waals surface area (Å²) in [5, 5.41) is 3.39. The van der Waals surface area contributed by atoms with Gasteiger partial charge in [-0.25, -0.2) is 4.98 Å². The SMILES string of the molecule is CCOc1cc(NCC2(CCN)CC2)nc(C)n1. The summed E-state index contributed by atoms with van der Waals surface area (Å²) in [4.78, 5) is 8.60. The second kappa shape index (κ2) is 5.52. The molecular weight excluding hydrogens is 228 g/mol. The molecule has 0 unspecified atom stereocenters. The molecule has 1 saturated carbocycles. The Bertz CT molecular complexity index is 404. The van der Waals surface area contributed by atoms with Gasteiger partial charge in [0.15, 0.2) is 0 Å². The van der Waals surface area contributed by atoms with Crippen LogP contribution in [-0.4, -0.2) is 29.7 Å². The number of nitrogens with two attached hydrogens (primary N) is 1. The molecule has 1 aliphatic rings. The highest BCUT2D eigenvalue weighted by Crippen LogP contribution is 2.48. The molecule has 0 radical (unpaired) electrons. The minimum Gasteiger partial charge on any atom is -0.478 e. The van der Waals surface area contributed by atoms with Crippen LogP contribution in [0.3, 0.4) is 0 Å². The Morgan fingerprint density at radius 3 is 2.83 bits per heavy atom. The smallest absolute Gasteiger partial charge is 0.218 e. The second-order valence-corrected chi connectivity index (χ2v) is 4.96. The van der Waals surface area contributed by atoms with Crippen molar-refractivity contribution in [2.45, 2.75) is 33.1 Å². The molecule has 1 aromatic heterocycles. The van der Waals surface area contributed by atoms with Crippen LogP contribution in [0.15, 0.2) is 6.07 Å². The predicted octanol–water partition coefficient (Wildman–Crippen LogP) is 1.72. The van der Waals surface area contributed by atoms with E-state index in [1.54, 1.807) is 0 Å². The number of nitrogens with one attached hydrogen (secondary N) is 1. The molecule has 100 valence electrons. The van der Waals surface area contributed by atoms with Crippen molar-refractivity contribution >= 4 is 5.82 Å². The van der Waals surface area contributed by atoms with Crippen molar-refractivity contribution in [3.8, 4) is 5.88 Å². The molecule has 0 amide bonds. The molecule has 1 aromatic rings. The fraction of sp³-hybridized carbons (Fsp3) is 0.692. The monoisotopic (exact) mass is 250 g/mol. The van der Waals surface area contributed by atoms with Gasteiger partial charge in [0.05, 0.1) is 6.61 Å². The molecule has 5 nitrogen and oxygen atoms in total. The number of aryl methyl sites for hydroxylation is 1. The Hall–Kier alpha value is -1.36. The van der Waals surface area contributed by atoms with E-state index in [-0.39, 0.29) is 0 Å². The summed E-state index contributed by atoms with van der Waals surface area (Å²) in [5.41, 5.74) is 6.04. The standard InChI is InChI=1S/C13H22N4O/c1-3-18-12-8-11(16-10(2)17-12)15-9-13(4-5-13)6-7-14/h8H,3-7,9,14H2,1-2H3,(H,15,16,17). The number of aromatic nitrogens is 2. The average molecular weight is 250 g/mol. The first-order valence-electron chi connectivity index (χ1n) is 6.60. The van der Waals surface area contributed by atoms with Crippen LogP contribution in [0.5, 0.6) is 5.88 Å². The molecule has 1 fully saturated rings. The van der Waals surface area contributed by atoms with Crippen molar-refractivity contribution in [3.63, 3.8) is 0 Å². The van der Waals surface area contributed by atoms with Gasteiger partial charge in [0.2, 0.25) is 5.88 Å². The van der Waals surface area contributed by atoms with Crippen molar-refractivity contribution < 1.29 is 4.74 Å². The molecule has 1 heterocycles. The fourth-order valence-corrected chi connectivity index (χ4v) is 2.13. The fourth-order valence-electron chi connectivity index (χ4n) is 2.13. The molecule has 1 aliphatic carbocycles. The van der Waals surface area contributed by atoms with Gasteiger partial charge < -0.3 is 15.8 Å². The summed E-state index contributed by atoms with van der Waals surface area (Å²) in [5.74, 6) is 2.21. The highest BCUT2D eigenvalue weighted by Gasteiger charge is 2.41. The van der Waals surface area contributed by atoms with Gasteiger partial charge in [-0.05, 0) is 45.1 Å². The number of hydrogen-bond acceptors (Lipinski definition) is 5. The van der Waals surface area contributed by atoms with E-state index < -0.39 is 0 Å². The molecule has 18 heavy (non-hydrogen) atoms. The quantitative estimate of drug-likeness (QED) is 0.771. The van der Waals surface area contributed by atoms with E-state index in [9.17, 15) is 0 Å². The predicted molar refractivity (Wildman–Crippen MR) is 71.8 cm³/mol. The molecule has 0 bridgehead atoms. The third-order valence-electron chi connectivity index (χ3n) is 3.38. The third kappa shape index (κ3) is 3.32. The van der Waals surface area contributed by atoms with Gasteiger partial charge in [0.1, 0.15) is 11.6 Å². The van der Waals surface area contributed by atoms with Crippen LogP contribution < -0.4 is 15.8 Å². The molecule has 0 saturated heterocycles. The number of nitrogens with zero attached hydrogens (tertiary/aromatic N) is 2. The van der Waals surface area contributed by atoms with E-state index in [1.165, 1.54) is 12.8 Å². The Labute approximate surface area is 108 Å². The summed E-state index contributed by atoms with van der Waals surface area (Å²) in [6.07, 6.45) is 3.61. The molecule has 2 rings (SSSR count). The molecular formula is C13H22N4O. The summed E-state index contributed by atoms with van der Waals surface area (Å²) < 4.78 is 5.41. The van der Waals surface area contributed by atoms with Crippen LogP contribution in [0.4, 0.5) is 5.82 Å². The lowest BCUT2D eigenvalue weighted by Crippen LogP contribution is -2.19. The number of ether oxygens (including phenoxy) is 1. The zero-order valence-corrected chi connectivity index (χ0v) is 11.2. The van der Waals surface area contributed by atoms with Gasteiger partial charge in [-0.3, -0.25) is 0 Å². The van der Waals surface area contributed by atoms with Crippen LogP contribution >= 0.6 is 0 Å². The number of hydrogen-bond donors (Lipinski definition) is 2. The zero-order valence-electron chi connectivity index (χ0n) is 11.2. The third-order valence-corrected chi connectivity index (χ3v) is 3.38. The van der Waals surface area contributed by atoms with Crippen molar-refractivity contribution in [2.24, 2.45) is 11.1 Å². The van der Waals surface area contributed by atoms with E-state index in [4.69, 9.17) is 10.5 Å². The maximum absolute atomic E-state index is 5.64. The average Bonchev–Trinajstić information content (AvgIpc) is 3.07. The van der Waals surface area contributed by atoms with E-state index >= 15 is 0 Å². The maximum atomic E-state index is 5.64. The Morgan fingerprint density at radius 1 is 1.44 bits per heavy atom. The van der Waals surface area contributed by atoms with Crippen molar-refractivity contribution in [1.29, 1.82) is 0 Å². The van der Waals surface area contributed by atoms with E-state index in [0.29, 0.717) is 17.9 Å². The topological polar surface area (TPSA) is 73.1 Å². The Kier molecular flexibility index (Phi) is 4.01. The molecule has 0 aromatic carbocycles. The summed E-state index contributed by atoms with van der Waals surface area (Å²) in [7, 11) is 0. The summed E-state index contributed by atoms with van der Waals surface area (Å²) >= 11 is 0. The summed E-state index contributed by atoms with van der Waals surface area (Å²) in [6, 6.07) is 1.86. The van der Waals surface area contributed by atoms with Crippen molar-refractivity contribution in [2.75, 3.05) is 25.0 Å². The molecule has 0 atom stereocenters. The molecule has 0 spiro atoms. The lowest BCUT2D eigenvalue weighted by Gasteiger charge is -2.15. The van der Waals surface area contributed by atoms with Gasteiger partial charge in [-0.2, -0.15) is 4.98 Å². The van der Waals surface area contributed by atoms with Crippen LogP contribution in [0, 0.1) is 12.3 Å². The molecule has 0 aliphatic heterocycles. The maximum Gasteiger partial charge on any atom is 0.218 e. The van der Waals surface area contributed by atoms with Crippen molar-refractivity contribution in [1.82, 2.24) is 9.97 Å². The normalized spacial score (nSPS) is 16.4. The van der Waals surface area contributed by atoms with E-state index in [2.05, 4.69) is 15.3 Å². The highest BCUT2D eigenvalue weighted by molar-refractivity contribution is 5.39. The Morgan fingerprint density at radius 2 is 2.22 bits per heavy atom. The first-order chi connectivity index (χ1) is 8.67. The van der Waals surface area contributed by atoms with Gasteiger partial charge >= 0.3 is 0 Å². The van der Waals surface area contributed by atoms with E-state index in [0.717, 1.165) is 31.2 Å². The summed E-state index contributed by atoms with van der Waals surface area (Å²) in [6.45, 7) is 6.14. The second-order valence-electron chi connectivity index (χ2n) is 4.96. The van der Waals surface area contributed by atoms with Crippen molar-refractivity contribution in [3.05, 3.63) is 11.9 Å². The minimum absolute atomic E-state index is 0.402. The van der Waals surface area contributed by atoms with Gasteiger partial charge in [0.25, 0.3) is 0 Å². The van der Waals surface area contributed by atoms with Gasteiger partial charge in [-0.1, -0.05) is 0 Å².